The van der Waals surface area contributed by atoms with Gasteiger partial charge in [0.25, 0.3) is 0 Å². The van der Waals surface area contributed by atoms with E-state index in [1.54, 1.807) is 12.1 Å². The van der Waals surface area contributed by atoms with E-state index in [2.05, 4.69) is 10.6 Å². The molecule has 0 spiro atoms. The number of carbonyl (C=O) groups is 2. The van der Waals surface area contributed by atoms with Gasteiger partial charge in [-0.1, -0.05) is 29.8 Å². The van der Waals surface area contributed by atoms with Crippen molar-refractivity contribution in [3.8, 4) is 0 Å². The molecule has 1 atom stereocenters. The zero-order chi connectivity index (χ0) is 17.8. The zero-order valence-corrected chi connectivity index (χ0v) is 14.0. The van der Waals surface area contributed by atoms with Gasteiger partial charge in [0, 0.05) is 12.2 Å². The largest absolute Gasteiger partial charge is 0.322 e. The molecule has 0 unspecified atom stereocenters. The van der Waals surface area contributed by atoms with E-state index in [0.29, 0.717) is 18.7 Å². The minimum atomic E-state index is -0.606. The molecule has 5 nitrogen and oxygen atoms in total. The van der Waals surface area contributed by atoms with Gasteiger partial charge in [-0.2, -0.15) is 0 Å². The van der Waals surface area contributed by atoms with E-state index in [1.807, 2.05) is 31.2 Å². The summed E-state index contributed by atoms with van der Waals surface area (Å²) in [6.07, 6.45) is 1.29. The average molecular weight is 341 g/mol. The number of halogens is 1. The summed E-state index contributed by atoms with van der Waals surface area (Å²) in [5.41, 5.74) is 1.90. The van der Waals surface area contributed by atoms with Crippen molar-refractivity contribution in [2.45, 2.75) is 25.8 Å². The number of rotatable bonds is 3. The van der Waals surface area contributed by atoms with E-state index in [1.165, 1.54) is 17.0 Å². The van der Waals surface area contributed by atoms with E-state index >= 15 is 0 Å². The summed E-state index contributed by atoms with van der Waals surface area (Å²) in [6, 6.07) is 12.5. The lowest BCUT2D eigenvalue weighted by Crippen LogP contribution is -2.45. The molecule has 1 heterocycles. The maximum Gasteiger partial charge on any atom is 0.322 e. The molecule has 0 radical (unpaired) electrons. The van der Waals surface area contributed by atoms with Gasteiger partial charge in [0.1, 0.15) is 11.9 Å². The fourth-order valence-corrected chi connectivity index (χ4v) is 2.89. The highest BCUT2D eigenvalue weighted by Gasteiger charge is 2.34. The second-order valence-corrected chi connectivity index (χ2v) is 6.12. The number of para-hydroxylation sites is 1. The molecule has 3 amide bonds. The van der Waals surface area contributed by atoms with Crippen LogP contribution in [0.3, 0.4) is 0 Å². The first kappa shape index (κ1) is 17.0. The van der Waals surface area contributed by atoms with Crippen molar-refractivity contribution in [1.29, 1.82) is 0 Å². The molecular formula is C19H20FN3O2. The van der Waals surface area contributed by atoms with Gasteiger partial charge in [-0.25, -0.2) is 9.18 Å². The van der Waals surface area contributed by atoms with E-state index in [0.717, 1.165) is 12.0 Å². The fourth-order valence-electron chi connectivity index (χ4n) is 2.89. The molecule has 2 aromatic rings. The molecule has 3 rings (SSSR count). The van der Waals surface area contributed by atoms with Crippen LogP contribution in [0.15, 0.2) is 48.5 Å². The Hall–Kier alpha value is -2.89. The van der Waals surface area contributed by atoms with Crippen LogP contribution in [0.2, 0.25) is 0 Å². The normalized spacial score (nSPS) is 16.6. The van der Waals surface area contributed by atoms with E-state index in [-0.39, 0.29) is 17.6 Å². The van der Waals surface area contributed by atoms with Gasteiger partial charge in [-0.15, -0.1) is 0 Å². The number of carbonyl (C=O) groups excluding carboxylic acids is 2. The number of hydrogen-bond acceptors (Lipinski definition) is 2. The number of nitrogens with one attached hydrogen (secondary N) is 2. The Labute approximate surface area is 145 Å². The first-order valence-corrected chi connectivity index (χ1v) is 8.24. The van der Waals surface area contributed by atoms with Gasteiger partial charge >= 0.3 is 6.03 Å². The van der Waals surface area contributed by atoms with Gasteiger partial charge in [0.05, 0.1) is 5.69 Å². The molecule has 130 valence electrons. The molecule has 0 saturated carbocycles. The number of amides is 3. The minimum Gasteiger partial charge on any atom is -0.322 e. The van der Waals surface area contributed by atoms with Crippen molar-refractivity contribution in [2.75, 3.05) is 17.2 Å². The molecule has 1 aliphatic rings. The molecule has 1 aliphatic heterocycles. The van der Waals surface area contributed by atoms with Crippen LogP contribution < -0.4 is 10.6 Å². The average Bonchev–Trinajstić information content (AvgIpc) is 3.09. The van der Waals surface area contributed by atoms with E-state index in [4.69, 9.17) is 0 Å². The number of hydrogen-bond donors (Lipinski definition) is 2. The lowest BCUT2D eigenvalue weighted by molar-refractivity contribution is -0.119. The number of urea groups is 1. The van der Waals surface area contributed by atoms with Gasteiger partial charge in [-0.3, -0.25) is 4.79 Å². The SMILES string of the molecule is Cc1ccc(NC(=O)N2CCC[C@@H]2C(=O)Nc2ccccc2F)cc1. The van der Waals surface area contributed by atoms with Gasteiger partial charge in [0.2, 0.25) is 5.91 Å². The third kappa shape index (κ3) is 3.96. The lowest BCUT2D eigenvalue weighted by atomic mass is 10.2. The Bertz CT molecular complexity index is 776. The molecule has 1 fully saturated rings. The van der Waals surface area contributed by atoms with Crippen LogP contribution in [0.1, 0.15) is 18.4 Å². The van der Waals surface area contributed by atoms with Crippen molar-refractivity contribution >= 4 is 23.3 Å². The summed E-state index contributed by atoms with van der Waals surface area (Å²) in [7, 11) is 0. The summed E-state index contributed by atoms with van der Waals surface area (Å²) in [4.78, 5) is 26.5. The first-order valence-electron chi connectivity index (χ1n) is 8.24. The molecule has 0 aromatic heterocycles. The molecular weight excluding hydrogens is 321 g/mol. The van der Waals surface area contributed by atoms with Crippen LogP contribution in [0, 0.1) is 12.7 Å². The van der Waals surface area contributed by atoms with E-state index in [9.17, 15) is 14.0 Å². The summed E-state index contributed by atoms with van der Waals surface area (Å²) >= 11 is 0. The van der Waals surface area contributed by atoms with Crippen molar-refractivity contribution in [2.24, 2.45) is 0 Å². The Morgan fingerprint density at radius 3 is 2.52 bits per heavy atom. The zero-order valence-electron chi connectivity index (χ0n) is 14.0. The first-order chi connectivity index (χ1) is 12.0. The Morgan fingerprint density at radius 1 is 1.08 bits per heavy atom. The number of aryl methyl sites for hydroxylation is 1. The highest BCUT2D eigenvalue weighted by Crippen LogP contribution is 2.22. The number of likely N-dealkylation sites (tertiary alicyclic amines) is 1. The summed E-state index contributed by atoms with van der Waals surface area (Å²) < 4.78 is 13.7. The summed E-state index contributed by atoms with van der Waals surface area (Å²) in [5, 5.41) is 5.38. The third-order valence-corrected chi connectivity index (χ3v) is 4.25. The van der Waals surface area contributed by atoms with Crippen LogP contribution in [-0.4, -0.2) is 29.4 Å². The monoisotopic (exact) mass is 341 g/mol. The van der Waals surface area contributed by atoms with Crippen LogP contribution in [0.25, 0.3) is 0 Å². The predicted octanol–water partition coefficient (Wildman–Crippen LogP) is 3.77. The maximum atomic E-state index is 13.7. The minimum absolute atomic E-state index is 0.123. The maximum absolute atomic E-state index is 13.7. The van der Waals surface area contributed by atoms with E-state index < -0.39 is 11.9 Å². The quantitative estimate of drug-likeness (QED) is 0.893. The topological polar surface area (TPSA) is 61.4 Å². The molecule has 2 N–H and O–H groups in total. The molecule has 6 heteroatoms. The molecule has 2 aromatic carbocycles. The second-order valence-electron chi connectivity index (χ2n) is 6.12. The lowest BCUT2D eigenvalue weighted by Gasteiger charge is -2.24. The second kappa shape index (κ2) is 7.34. The van der Waals surface area contributed by atoms with Crippen molar-refractivity contribution in [1.82, 2.24) is 4.90 Å². The molecule has 25 heavy (non-hydrogen) atoms. The molecule has 1 saturated heterocycles. The standard InChI is InChI=1S/C19H20FN3O2/c1-13-8-10-14(11-9-13)21-19(25)23-12-4-7-17(23)18(24)22-16-6-3-2-5-15(16)20/h2-3,5-6,8-11,17H,4,7,12H2,1H3,(H,21,25)(H,22,24)/t17-/m1/s1. The Balaban J connectivity index is 1.67. The van der Waals surface area contributed by atoms with Crippen molar-refractivity contribution in [3.63, 3.8) is 0 Å². The number of nitrogens with zero attached hydrogens (tertiary/aromatic N) is 1. The molecule has 0 bridgehead atoms. The highest BCUT2D eigenvalue weighted by atomic mass is 19.1. The highest BCUT2D eigenvalue weighted by molar-refractivity contribution is 5.99. The third-order valence-electron chi connectivity index (χ3n) is 4.25. The van der Waals surface area contributed by atoms with Gasteiger partial charge in [-0.05, 0) is 44.0 Å². The smallest absolute Gasteiger partial charge is 0.322 e. The van der Waals surface area contributed by atoms with Crippen molar-refractivity contribution < 1.29 is 14.0 Å². The number of benzene rings is 2. The summed E-state index contributed by atoms with van der Waals surface area (Å²) in [5.74, 6) is -0.869. The predicted molar refractivity (Wildman–Crippen MR) is 95.0 cm³/mol. The summed E-state index contributed by atoms with van der Waals surface area (Å²) in [6.45, 7) is 2.46. The van der Waals surface area contributed by atoms with Crippen LogP contribution in [0.5, 0.6) is 0 Å². The van der Waals surface area contributed by atoms with Crippen molar-refractivity contribution in [3.05, 3.63) is 59.9 Å². The Kier molecular flexibility index (Phi) is 4.97. The van der Waals surface area contributed by atoms with Crippen LogP contribution >= 0.6 is 0 Å². The van der Waals surface area contributed by atoms with Gasteiger partial charge < -0.3 is 15.5 Å². The van der Waals surface area contributed by atoms with Crippen LogP contribution in [-0.2, 0) is 4.79 Å². The Morgan fingerprint density at radius 2 is 1.80 bits per heavy atom. The fraction of sp³-hybridized carbons (Fsp3) is 0.263. The number of anilines is 2. The molecule has 0 aliphatic carbocycles. The van der Waals surface area contributed by atoms with Crippen LogP contribution in [0.4, 0.5) is 20.6 Å². The van der Waals surface area contributed by atoms with Gasteiger partial charge in [0.15, 0.2) is 0 Å².